The first-order valence-corrected chi connectivity index (χ1v) is 9.37. The molecular formula is C19H24N2O4S. The number of hydrogen-bond donors (Lipinski definition) is 1. The Labute approximate surface area is 157 Å². The minimum Gasteiger partial charge on any atom is -0.480 e. The molecule has 0 saturated carbocycles. The summed E-state index contributed by atoms with van der Waals surface area (Å²) in [6.45, 7) is 2.14. The maximum atomic E-state index is 12.9. The van der Waals surface area contributed by atoms with E-state index >= 15 is 0 Å². The predicted molar refractivity (Wildman–Crippen MR) is 102 cm³/mol. The molecule has 1 atom stereocenters. The number of thioether (sulfide) groups is 1. The summed E-state index contributed by atoms with van der Waals surface area (Å²) < 4.78 is 6.66. The molecule has 0 amide bonds. The van der Waals surface area contributed by atoms with Crippen molar-refractivity contribution in [3.63, 3.8) is 0 Å². The second-order valence-electron chi connectivity index (χ2n) is 6.01. The smallest absolute Gasteiger partial charge is 0.317 e. The van der Waals surface area contributed by atoms with Crippen LogP contribution < -0.4 is 5.56 Å². The molecule has 1 heterocycles. The van der Waals surface area contributed by atoms with Gasteiger partial charge in [0.1, 0.15) is 5.25 Å². The van der Waals surface area contributed by atoms with E-state index in [0.29, 0.717) is 29.3 Å². The average molecular weight is 376 g/mol. The molecule has 1 aromatic carbocycles. The van der Waals surface area contributed by atoms with E-state index in [-0.39, 0.29) is 12.2 Å². The van der Waals surface area contributed by atoms with Crippen LogP contribution in [0.2, 0.25) is 0 Å². The quantitative estimate of drug-likeness (QED) is 0.535. The number of carbonyl (C=O) groups is 1. The third-order valence-electron chi connectivity index (χ3n) is 4.01. The fourth-order valence-corrected chi connectivity index (χ4v) is 3.74. The molecule has 0 spiro atoms. The van der Waals surface area contributed by atoms with Gasteiger partial charge in [0.2, 0.25) is 0 Å². The summed E-state index contributed by atoms with van der Waals surface area (Å²) in [6, 6.07) is 9.70. The zero-order valence-electron chi connectivity index (χ0n) is 15.3. The molecular weight excluding hydrogens is 352 g/mol. The minimum atomic E-state index is -0.896. The number of aromatic nitrogens is 2. The van der Waals surface area contributed by atoms with Crippen molar-refractivity contribution in [3.8, 4) is 0 Å². The number of benzene rings is 1. The molecule has 140 valence electrons. The lowest BCUT2D eigenvalue weighted by Gasteiger charge is -2.16. The van der Waals surface area contributed by atoms with E-state index in [2.05, 4.69) is 4.98 Å². The normalized spacial score (nSPS) is 12.1. The molecule has 2 aromatic rings. The molecule has 2 rings (SSSR count). The molecule has 1 N–H and O–H groups in total. The van der Waals surface area contributed by atoms with Gasteiger partial charge < -0.3 is 9.84 Å². The van der Waals surface area contributed by atoms with Crippen molar-refractivity contribution in [3.05, 3.63) is 57.5 Å². The van der Waals surface area contributed by atoms with E-state index in [1.54, 1.807) is 14.2 Å². The van der Waals surface area contributed by atoms with Gasteiger partial charge in [0.05, 0.1) is 12.3 Å². The van der Waals surface area contributed by atoms with Crippen molar-refractivity contribution in [2.75, 3.05) is 7.11 Å². The molecule has 1 unspecified atom stereocenters. The number of aliphatic carboxylic acids is 1. The van der Waals surface area contributed by atoms with Crippen molar-refractivity contribution in [2.24, 2.45) is 7.05 Å². The molecule has 6 nitrogen and oxygen atoms in total. The lowest BCUT2D eigenvalue weighted by Crippen LogP contribution is -2.28. The second kappa shape index (κ2) is 9.54. The van der Waals surface area contributed by atoms with Crippen molar-refractivity contribution >= 4 is 17.7 Å². The molecule has 0 fully saturated rings. The number of methoxy groups -OCH3 is 1. The zero-order valence-corrected chi connectivity index (χ0v) is 16.1. The van der Waals surface area contributed by atoms with Gasteiger partial charge in [-0.25, -0.2) is 4.98 Å². The average Bonchev–Trinajstić information content (AvgIpc) is 2.63. The Morgan fingerprint density at radius 2 is 2.04 bits per heavy atom. The molecule has 0 saturated heterocycles. The van der Waals surface area contributed by atoms with E-state index < -0.39 is 11.2 Å². The largest absolute Gasteiger partial charge is 0.480 e. The first-order chi connectivity index (χ1) is 12.5. The summed E-state index contributed by atoms with van der Waals surface area (Å²) in [5.74, 6) is -0.896. The number of carboxylic acid groups (broad SMARTS) is 1. The van der Waals surface area contributed by atoms with Crippen LogP contribution in [0.5, 0.6) is 0 Å². The number of rotatable bonds is 9. The molecule has 0 radical (unpaired) electrons. The fraction of sp³-hybridized carbons (Fsp3) is 0.421. The van der Waals surface area contributed by atoms with Crippen molar-refractivity contribution in [2.45, 2.75) is 43.2 Å². The van der Waals surface area contributed by atoms with Gasteiger partial charge in [0.25, 0.3) is 5.56 Å². The number of ether oxygens (including phenoxy) is 1. The highest BCUT2D eigenvalue weighted by atomic mass is 32.2. The summed E-state index contributed by atoms with van der Waals surface area (Å²) >= 11 is 1.11. The van der Waals surface area contributed by atoms with Gasteiger partial charge in [-0.05, 0) is 12.0 Å². The number of hydrogen-bond acceptors (Lipinski definition) is 5. The molecule has 0 bridgehead atoms. The van der Waals surface area contributed by atoms with Crippen LogP contribution in [0.1, 0.15) is 36.6 Å². The molecule has 26 heavy (non-hydrogen) atoms. The summed E-state index contributed by atoms with van der Waals surface area (Å²) in [5.41, 5.74) is 1.98. The highest BCUT2D eigenvalue weighted by Crippen LogP contribution is 2.25. The van der Waals surface area contributed by atoms with Crippen molar-refractivity contribution < 1.29 is 14.6 Å². The highest BCUT2D eigenvalue weighted by Gasteiger charge is 2.22. The summed E-state index contributed by atoms with van der Waals surface area (Å²) in [4.78, 5) is 28.9. The molecule has 0 aliphatic rings. The van der Waals surface area contributed by atoms with Crippen LogP contribution in [-0.4, -0.2) is 33.0 Å². The molecule has 0 aliphatic carbocycles. The summed E-state index contributed by atoms with van der Waals surface area (Å²) in [7, 11) is 3.18. The summed E-state index contributed by atoms with van der Waals surface area (Å²) in [5, 5.41) is 9.16. The van der Waals surface area contributed by atoms with Gasteiger partial charge in [-0.15, -0.1) is 0 Å². The Bertz CT molecular complexity index is 805. The third kappa shape index (κ3) is 4.95. The van der Waals surface area contributed by atoms with Crippen LogP contribution in [0.4, 0.5) is 0 Å². The minimum absolute atomic E-state index is 0.168. The standard InChI is InChI=1S/C19H24N2O4S/c1-4-8-16(18(23)24)26-19-20-15(12-25-3)14(17(22)21(19)2)11-13-9-6-5-7-10-13/h5-7,9-10,16H,4,8,11-12H2,1-3H3,(H,23,24). The second-order valence-corrected chi connectivity index (χ2v) is 7.18. The van der Waals surface area contributed by atoms with E-state index in [9.17, 15) is 14.7 Å². The van der Waals surface area contributed by atoms with E-state index in [1.807, 2.05) is 37.3 Å². The predicted octanol–water partition coefficient (Wildman–Crippen LogP) is 2.86. The Balaban J connectivity index is 2.43. The van der Waals surface area contributed by atoms with Gasteiger partial charge in [-0.3, -0.25) is 14.2 Å². The maximum Gasteiger partial charge on any atom is 0.317 e. The topological polar surface area (TPSA) is 81.4 Å². The van der Waals surface area contributed by atoms with Crippen LogP contribution in [-0.2, 0) is 29.6 Å². The van der Waals surface area contributed by atoms with Crippen LogP contribution in [0.15, 0.2) is 40.3 Å². The first-order valence-electron chi connectivity index (χ1n) is 8.49. The monoisotopic (exact) mass is 376 g/mol. The van der Waals surface area contributed by atoms with Gasteiger partial charge in [0.15, 0.2) is 5.16 Å². The fourth-order valence-electron chi connectivity index (χ4n) is 2.63. The van der Waals surface area contributed by atoms with Gasteiger partial charge in [-0.1, -0.05) is 55.4 Å². The molecule has 1 aromatic heterocycles. The van der Waals surface area contributed by atoms with Gasteiger partial charge in [-0.2, -0.15) is 0 Å². The highest BCUT2D eigenvalue weighted by molar-refractivity contribution is 8.00. The molecule has 0 aliphatic heterocycles. The van der Waals surface area contributed by atoms with Crippen molar-refractivity contribution in [1.29, 1.82) is 0 Å². The van der Waals surface area contributed by atoms with E-state index in [0.717, 1.165) is 23.7 Å². The van der Waals surface area contributed by atoms with Gasteiger partial charge in [0, 0.05) is 26.1 Å². The summed E-state index contributed by atoms with van der Waals surface area (Å²) in [6.07, 6.45) is 1.72. The van der Waals surface area contributed by atoms with E-state index in [1.165, 1.54) is 4.57 Å². The van der Waals surface area contributed by atoms with Crippen LogP contribution in [0.3, 0.4) is 0 Å². The van der Waals surface area contributed by atoms with Crippen LogP contribution in [0, 0.1) is 0 Å². The Morgan fingerprint density at radius 3 is 2.62 bits per heavy atom. The van der Waals surface area contributed by atoms with Crippen LogP contribution in [0.25, 0.3) is 0 Å². The number of carboxylic acids is 1. The Hall–Kier alpha value is -2.12. The Kier molecular flexibility index (Phi) is 7.41. The van der Waals surface area contributed by atoms with E-state index in [4.69, 9.17) is 4.74 Å². The van der Waals surface area contributed by atoms with Crippen LogP contribution >= 0.6 is 11.8 Å². The lowest BCUT2D eigenvalue weighted by molar-refractivity contribution is -0.136. The lowest BCUT2D eigenvalue weighted by atomic mass is 10.0. The Morgan fingerprint density at radius 1 is 1.35 bits per heavy atom. The van der Waals surface area contributed by atoms with Gasteiger partial charge >= 0.3 is 5.97 Å². The third-order valence-corrected chi connectivity index (χ3v) is 5.31. The van der Waals surface area contributed by atoms with Crippen molar-refractivity contribution in [1.82, 2.24) is 9.55 Å². The first kappa shape index (κ1) is 20.2. The molecule has 7 heteroatoms. The zero-order chi connectivity index (χ0) is 19.1. The number of nitrogens with zero attached hydrogens (tertiary/aromatic N) is 2. The SMILES string of the molecule is CCCC(Sc1nc(COC)c(Cc2ccccc2)c(=O)n1C)C(=O)O. The maximum absolute atomic E-state index is 12.9.